The molecule has 5 nitrogen and oxygen atoms in total. The van der Waals surface area contributed by atoms with Crippen molar-refractivity contribution in [1.29, 1.82) is 0 Å². The number of nitrogens with zero attached hydrogens (tertiary/aromatic N) is 2. The highest BCUT2D eigenvalue weighted by atomic mass is 16.5. The van der Waals surface area contributed by atoms with Crippen LogP contribution in [-0.2, 0) is 16.1 Å². The largest absolute Gasteiger partial charge is 0.464 e. The van der Waals surface area contributed by atoms with E-state index >= 15 is 0 Å². The van der Waals surface area contributed by atoms with Crippen LogP contribution >= 0.6 is 0 Å². The van der Waals surface area contributed by atoms with Gasteiger partial charge in [-0.15, -0.1) is 0 Å². The highest BCUT2D eigenvalue weighted by Crippen LogP contribution is 2.47. The van der Waals surface area contributed by atoms with Crippen molar-refractivity contribution in [3.8, 4) is 0 Å². The minimum absolute atomic E-state index is 0.134. The van der Waals surface area contributed by atoms with Crippen LogP contribution in [0, 0.1) is 11.8 Å². The molecule has 1 amide bonds. The lowest BCUT2D eigenvalue weighted by atomic mass is 9.96. The highest BCUT2D eigenvalue weighted by Gasteiger charge is 2.37. The molecule has 4 rings (SSSR count). The number of piperidine rings is 1. The summed E-state index contributed by atoms with van der Waals surface area (Å²) >= 11 is 0. The van der Waals surface area contributed by atoms with Gasteiger partial charge in [0.2, 0.25) is 5.91 Å². The van der Waals surface area contributed by atoms with E-state index in [0.717, 1.165) is 63.0 Å². The molecule has 3 aliphatic rings. The SMILES string of the molecule is C[C@@H]1C[C@H]1c1ccc(CN2CCC[C@@H](C(=O)N3CCOCC3)C2)o1. The standard InChI is InChI=1S/C19H28N2O3/c1-14-11-17(14)18-5-4-16(24-18)13-20-6-2-3-15(12-20)19(22)21-7-9-23-10-8-21/h4-5,14-15,17H,2-3,6-13H2,1H3/t14-,15-,17-/m1/s1. The number of carbonyl (C=O) groups excluding carboxylic acids is 1. The molecule has 1 aromatic heterocycles. The van der Waals surface area contributed by atoms with Crippen LogP contribution in [0.4, 0.5) is 0 Å². The molecule has 3 fully saturated rings. The molecule has 1 aliphatic carbocycles. The van der Waals surface area contributed by atoms with E-state index in [4.69, 9.17) is 9.15 Å². The van der Waals surface area contributed by atoms with Gasteiger partial charge in [-0.05, 0) is 43.9 Å². The van der Waals surface area contributed by atoms with Gasteiger partial charge in [-0.2, -0.15) is 0 Å². The number of morpholine rings is 1. The van der Waals surface area contributed by atoms with Crippen LogP contribution in [0.15, 0.2) is 16.5 Å². The van der Waals surface area contributed by atoms with Gasteiger partial charge in [-0.25, -0.2) is 0 Å². The molecule has 0 unspecified atom stereocenters. The molecule has 0 bridgehead atoms. The molecule has 0 aromatic carbocycles. The van der Waals surface area contributed by atoms with E-state index in [9.17, 15) is 4.79 Å². The maximum absolute atomic E-state index is 12.7. The summed E-state index contributed by atoms with van der Waals surface area (Å²) in [6.07, 6.45) is 3.36. The first-order chi connectivity index (χ1) is 11.7. The lowest BCUT2D eigenvalue weighted by molar-refractivity contribution is -0.141. The van der Waals surface area contributed by atoms with Crippen LogP contribution < -0.4 is 0 Å². The zero-order valence-corrected chi connectivity index (χ0v) is 14.6. The Hall–Kier alpha value is -1.33. The molecule has 132 valence electrons. The predicted octanol–water partition coefficient (Wildman–Crippen LogP) is 2.47. The van der Waals surface area contributed by atoms with Crippen LogP contribution in [0.3, 0.4) is 0 Å². The van der Waals surface area contributed by atoms with Crippen LogP contribution in [0.5, 0.6) is 0 Å². The number of furan rings is 1. The molecule has 5 heteroatoms. The molecule has 2 saturated heterocycles. The van der Waals surface area contributed by atoms with Gasteiger partial charge in [0.25, 0.3) is 0 Å². The summed E-state index contributed by atoms with van der Waals surface area (Å²) in [5.74, 6) is 4.05. The first kappa shape index (κ1) is 16.2. The van der Waals surface area contributed by atoms with Gasteiger partial charge >= 0.3 is 0 Å². The van der Waals surface area contributed by atoms with Crippen molar-refractivity contribution in [1.82, 2.24) is 9.80 Å². The van der Waals surface area contributed by atoms with Crippen LogP contribution in [0.1, 0.15) is 43.6 Å². The third-order valence-corrected chi connectivity index (χ3v) is 5.71. The van der Waals surface area contributed by atoms with E-state index in [1.807, 2.05) is 4.90 Å². The average molecular weight is 332 g/mol. The first-order valence-corrected chi connectivity index (χ1v) is 9.38. The van der Waals surface area contributed by atoms with Crippen molar-refractivity contribution in [2.45, 2.75) is 38.6 Å². The fourth-order valence-electron chi connectivity index (χ4n) is 4.06. The van der Waals surface area contributed by atoms with E-state index in [-0.39, 0.29) is 5.92 Å². The lowest BCUT2D eigenvalue weighted by Crippen LogP contribution is -2.48. The maximum Gasteiger partial charge on any atom is 0.227 e. The van der Waals surface area contributed by atoms with Gasteiger partial charge in [0.15, 0.2) is 0 Å². The molecule has 24 heavy (non-hydrogen) atoms. The van der Waals surface area contributed by atoms with Gasteiger partial charge in [-0.3, -0.25) is 9.69 Å². The van der Waals surface area contributed by atoms with Crippen molar-refractivity contribution in [2.75, 3.05) is 39.4 Å². The fourth-order valence-corrected chi connectivity index (χ4v) is 4.06. The Morgan fingerprint density at radius 1 is 1.25 bits per heavy atom. The highest BCUT2D eigenvalue weighted by molar-refractivity contribution is 5.79. The summed E-state index contributed by atoms with van der Waals surface area (Å²) < 4.78 is 11.4. The van der Waals surface area contributed by atoms with Gasteiger partial charge in [0.1, 0.15) is 11.5 Å². The number of hydrogen-bond donors (Lipinski definition) is 0. The minimum atomic E-state index is 0.134. The molecule has 0 radical (unpaired) electrons. The van der Waals surface area contributed by atoms with E-state index in [1.54, 1.807) is 0 Å². The summed E-state index contributed by atoms with van der Waals surface area (Å²) in [5.41, 5.74) is 0. The molecular weight excluding hydrogens is 304 g/mol. The average Bonchev–Trinajstić information content (AvgIpc) is 3.17. The summed E-state index contributed by atoms with van der Waals surface area (Å²) in [6.45, 7) is 7.86. The Balaban J connectivity index is 1.32. The fraction of sp³-hybridized carbons (Fsp3) is 0.737. The number of hydrogen-bond acceptors (Lipinski definition) is 4. The lowest BCUT2D eigenvalue weighted by Gasteiger charge is -2.35. The Labute approximate surface area is 143 Å². The van der Waals surface area contributed by atoms with E-state index in [1.165, 1.54) is 6.42 Å². The molecule has 2 aliphatic heterocycles. The molecule has 3 heterocycles. The molecule has 1 saturated carbocycles. The molecule has 1 aromatic rings. The maximum atomic E-state index is 12.7. The zero-order valence-electron chi connectivity index (χ0n) is 14.6. The summed E-state index contributed by atoms with van der Waals surface area (Å²) in [4.78, 5) is 17.1. The van der Waals surface area contributed by atoms with Crippen LogP contribution in [-0.4, -0.2) is 55.1 Å². The number of ether oxygens (including phenoxy) is 1. The molecule has 0 spiro atoms. The third kappa shape index (κ3) is 3.52. The summed E-state index contributed by atoms with van der Waals surface area (Å²) in [6, 6.07) is 4.26. The van der Waals surface area contributed by atoms with Crippen molar-refractivity contribution in [3.63, 3.8) is 0 Å². The Kier molecular flexibility index (Phi) is 4.63. The number of carbonyl (C=O) groups is 1. The second-order valence-electron chi connectivity index (χ2n) is 7.64. The van der Waals surface area contributed by atoms with Crippen molar-refractivity contribution in [2.24, 2.45) is 11.8 Å². The van der Waals surface area contributed by atoms with Gasteiger partial charge in [0, 0.05) is 25.6 Å². The van der Waals surface area contributed by atoms with Crippen molar-refractivity contribution >= 4 is 5.91 Å². The van der Waals surface area contributed by atoms with Crippen LogP contribution in [0.25, 0.3) is 0 Å². The van der Waals surface area contributed by atoms with E-state index in [0.29, 0.717) is 25.0 Å². The summed E-state index contributed by atoms with van der Waals surface area (Å²) in [5, 5.41) is 0. The van der Waals surface area contributed by atoms with Crippen LogP contribution in [0.2, 0.25) is 0 Å². The summed E-state index contributed by atoms with van der Waals surface area (Å²) in [7, 11) is 0. The van der Waals surface area contributed by atoms with E-state index in [2.05, 4.69) is 24.0 Å². The van der Waals surface area contributed by atoms with Gasteiger partial charge in [0.05, 0.1) is 25.7 Å². The molecular formula is C19H28N2O3. The van der Waals surface area contributed by atoms with Crippen molar-refractivity contribution in [3.05, 3.63) is 23.7 Å². The van der Waals surface area contributed by atoms with Gasteiger partial charge < -0.3 is 14.1 Å². The normalized spacial score (nSPS) is 31.2. The third-order valence-electron chi connectivity index (χ3n) is 5.71. The predicted molar refractivity (Wildman–Crippen MR) is 90.6 cm³/mol. The number of rotatable bonds is 4. The van der Waals surface area contributed by atoms with E-state index < -0.39 is 0 Å². The molecule has 3 atom stereocenters. The number of amides is 1. The Morgan fingerprint density at radius 3 is 2.79 bits per heavy atom. The second kappa shape index (κ2) is 6.89. The second-order valence-corrected chi connectivity index (χ2v) is 7.64. The van der Waals surface area contributed by atoms with Gasteiger partial charge in [-0.1, -0.05) is 6.92 Å². The molecule has 0 N–H and O–H groups in total. The Bertz CT molecular complexity index is 579. The minimum Gasteiger partial charge on any atom is -0.464 e. The Morgan fingerprint density at radius 2 is 2.04 bits per heavy atom. The zero-order chi connectivity index (χ0) is 16.5. The van der Waals surface area contributed by atoms with Crippen molar-refractivity contribution < 1.29 is 13.9 Å². The quantitative estimate of drug-likeness (QED) is 0.850. The monoisotopic (exact) mass is 332 g/mol. The number of likely N-dealkylation sites (tertiary alicyclic amines) is 1. The first-order valence-electron chi connectivity index (χ1n) is 9.38. The topological polar surface area (TPSA) is 45.9 Å². The smallest absolute Gasteiger partial charge is 0.227 e.